The second-order valence-electron chi connectivity index (χ2n) is 2.83. The SMILES string of the molecule is O=S(=O)(O)c1sccc1-c1ccncc1. The summed E-state index contributed by atoms with van der Waals surface area (Å²) in [6.45, 7) is 0. The molecule has 15 heavy (non-hydrogen) atoms. The molecule has 1 N–H and O–H groups in total. The first kappa shape index (κ1) is 10.3. The van der Waals surface area contributed by atoms with Crippen LogP contribution in [0.15, 0.2) is 40.2 Å². The van der Waals surface area contributed by atoms with E-state index < -0.39 is 10.1 Å². The van der Waals surface area contributed by atoms with Crippen molar-refractivity contribution in [3.8, 4) is 11.1 Å². The van der Waals surface area contributed by atoms with Gasteiger partial charge in [0, 0.05) is 18.0 Å². The lowest BCUT2D eigenvalue weighted by Crippen LogP contribution is -1.96. The summed E-state index contributed by atoms with van der Waals surface area (Å²) >= 11 is 0.993. The molecule has 0 unspecified atom stereocenters. The number of hydrogen-bond donors (Lipinski definition) is 1. The molecule has 0 aliphatic carbocycles. The molecule has 0 saturated carbocycles. The van der Waals surface area contributed by atoms with Crippen molar-refractivity contribution in [3.05, 3.63) is 36.0 Å². The van der Waals surface area contributed by atoms with Gasteiger partial charge in [-0.05, 0) is 29.1 Å². The van der Waals surface area contributed by atoms with Gasteiger partial charge in [0.05, 0.1) is 0 Å². The molecule has 0 atom stereocenters. The minimum Gasteiger partial charge on any atom is -0.281 e. The van der Waals surface area contributed by atoms with Gasteiger partial charge in [-0.2, -0.15) is 8.42 Å². The number of thiophene rings is 1. The van der Waals surface area contributed by atoms with Crippen LogP contribution >= 0.6 is 11.3 Å². The van der Waals surface area contributed by atoms with E-state index in [1.807, 2.05) is 0 Å². The van der Waals surface area contributed by atoms with Crippen LogP contribution < -0.4 is 0 Å². The first-order chi connectivity index (χ1) is 7.09. The van der Waals surface area contributed by atoms with Crippen LogP contribution in [0.4, 0.5) is 0 Å². The molecule has 0 fully saturated rings. The number of aromatic nitrogens is 1. The normalized spacial score (nSPS) is 11.5. The highest BCUT2D eigenvalue weighted by molar-refractivity contribution is 7.88. The lowest BCUT2D eigenvalue weighted by atomic mass is 10.1. The van der Waals surface area contributed by atoms with Crippen LogP contribution in [0.1, 0.15) is 0 Å². The molecule has 4 nitrogen and oxygen atoms in total. The van der Waals surface area contributed by atoms with Crippen LogP contribution in [-0.2, 0) is 10.1 Å². The smallest absolute Gasteiger partial charge is 0.281 e. The van der Waals surface area contributed by atoms with Crippen molar-refractivity contribution in [2.24, 2.45) is 0 Å². The minimum absolute atomic E-state index is 0.0336. The van der Waals surface area contributed by atoms with Crippen LogP contribution in [0.5, 0.6) is 0 Å². The zero-order chi connectivity index (χ0) is 10.9. The summed E-state index contributed by atoms with van der Waals surface area (Å²) in [5.74, 6) is 0. The zero-order valence-corrected chi connectivity index (χ0v) is 9.12. The Morgan fingerprint density at radius 1 is 1.20 bits per heavy atom. The summed E-state index contributed by atoms with van der Waals surface area (Å²) in [7, 11) is -4.14. The van der Waals surface area contributed by atoms with Crippen molar-refractivity contribution in [1.29, 1.82) is 0 Å². The molecule has 0 spiro atoms. The van der Waals surface area contributed by atoms with E-state index in [9.17, 15) is 8.42 Å². The van der Waals surface area contributed by atoms with E-state index >= 15 is 0 Å². The molecule has 2 rings (SSSR count). The van der Waals surface area contributed by atoms with E-state index in [1.54, 1.807) is 36.0 Å². The van der Waals surface area contributed by atoms with Gasteiger partial charge in [0.2, 0.25) is 0 Å². The molecule has 2 heterocycles. The van der Waals surface area contributed by atoms with E-state index in [4.69, 9.17) is 4.55 Å². The van der Waals surface area contributed by atoms with Crippen LogP contribution in [0.3, 0.4) is 0 Å². The van der Waals surface area contributed by atoms with Crippen molar-refractivity contribution in [2.75, 3.05) is 0 Å². The molecule has 0 saturated heterocycles. The average molecular weight is 241 g/mol. The second-order valence-corrected chi connectivity index (χ2v) is 5.37. The molecule has 78 valence electrons. The number of pyridine rings is 1. The Morgan fingerprint density at radius 2 is 1.87 bits per heavy atom. The molecule has 0 bridgehead atoms. The largest absolute Gasteiger partial charge is 0.304 e. The molecule has 0 radical (unpaired) electrons. The second kappa shape index (κ2) is 3.73. The quantitative estimate of drug-likeness (QED) is 0.817. The van der Waals surface area contributed by atoms with E-state index in [2.05, 4.69) is 4.98 Å². The molecular formula is C9H7NO3S2. The summed E-state index contributed by atoms with van der Waals surface area (Å²) in [6, 6.07) is 5.04. The fourth-order valence-electron chi connectivity index (χ4n) is 1.24. The molecule has 6 heteroatoms. The van der Waals surface area contributed by atoms with Crippen LogP contribution in [0.25, 0.3) is 11.1 Å². The summed E-state index contributed by atoms with van der Waals surface area (Å²) in [5, 5.41) is 1.62. The van der Waals surface area contributed by atoms with Gasteiger partial charge in [-0.25, -0.2) is 0 Å². The van der Waals surface area contributed by atoms with Gasteiger partial charge >= 0.3 is 10.1 Å². The maximum Gasteiger partial charge on any atom is 0.304 e. The van der Waals surface area contributed by atoms with Crippen LogP contribution in [-0.4, -0.2) is 18.0 Å². The molecule has 0 aliphatic rings. The monoisotopic (exact) mass is 241 g/mol. The van der Waals surface area contributed by atoms with Crippen LogP contribution in [0, 0.1) is 0 Å². The third-order valence-electron chi connectivity index (χ3n) is 1.86. The first-order valence-corrected chi connectivity index (χ1v) is 6.36. The van der Waals surface area contributed by atoms with Gasteiger partial charge in [0.25, 0.3) is 0 Å². The van der Waals surface area contributed by atoms with Gasteiger partial charge < -0.3 is 0 Å². The van der Waals surface area contributed by atoms with Crippen molar-refractivity contribution in [3.63, 3.8) is 0 Å². The third-order valence-corrected chi connectivity index (χ3v) is 4.17. The Hall–Kier alpha value is -1.24. The maximum atomic E-state index is 11.0. The van der Waals surface area contributed by atoms with Crippen LogP contribution in [0.2, 0.25) is 0 Å². The topological polar surface area (TPSA) is 67.3 Å². The zero-order valence-electron chi connectivity index (χ0n) is 7.49. The predicted molar refractivity (Wildman–Crippen MR) is 57.4 cm³/mol. The average Bonchev–Trinajstić information content (AvgIpc) is 2.67. The molecular weight excluding hydrogens is 234 g/mol. The van der Waals surface area contributed by atoms with Crippen molar-refractivity contribution in [1.82, 2.24) is 4.98 Å². The molecule has 2 aromatic heterocycles. The van der Waals surface area contributed by atoms with E-state index in [-0.39, 0.29) is 4.21 Å². The Balaban J connectivity index is 2.61. The number of nitrogens with zero attached hydrogens (tertiary/aromatic N) is 1. The van der Waals surface area contributed by atoms with Gasteiger partial charge in [0.1, 0.15) is 0 Å². The van der Waals surface area contributed by atoms with Gasteiger partial charge in [-0.3, -0.25) is 9.54 Å². The molecule has 0 amide bonds. The Bertz CT molecular complexity index is 560. The van der Waals surface area contributed by atoms with E-state index in [0.29, 0.717) is 5.56 Å². The fraction of sp³-hybridized carbons (Fsp3) is 0. The Morgan fingerprint density at radius 3 is 2.47 bits per heavy atom. The van der Waals surface area contributed by atoms with Gasteiger partial charge in [-0.1, -0.05) is 0 Å². The van der Waals surface area contributed by atoms with E-state index in [0.717, 1.165) is 16.9 Å². The summed E-state index contributed by atoms with van der Waals surface area (Å²) < 4.78 is 31.0. The summed E-state index contributed by atoms with van der Waals surface area (Å²) in [6.07, 6.45) is 3.14. The Kier molecular flexibility index (Phi) is 2.56. The highest BCUT2D eigenvalue weighted by Crippen LogP contribution is 2.31. The summed E-state index contributed by atoms with van der Waals surface area (Å²) in [5.41, 5.74) is 1.23. The summed E-state index contributed by atoms with van der Waals surface area (Å²) in [4.78, 5) is 3.84. The third kappa shape index (κ3) is 2.06. The number of hydrogen-bond acceptors (Lipinski definition) is 4. The molecule has 0 aromatic carbocycles. The van der Waals surface area contributed by atoms with E-state index in [1.165, 1.54) is 0 Å². The number of rotatable bonds is 2. The van der Waals surface area contributed by atoms with Crippen molar-refractivity contribution in [2.45, 2.75) is 4.21 Å². The predicted octanol–water partition coefficient (Wildman–Crippen LogP) is 2.06. The standard InChI is InChI=1S/C9H7NO3S2/c11-15(12,13)9-8(3-6-14-9)7-1-4-10-5-2-7/h1-6H,(H,11,12,13). The maximum absolute atomic E-state index is 11.0. The fourth-order valence-corrected chi connectivity index (χ4v) is 3.00. The first-order valence-electron chi connectivity index (χ1n) is 4.04. The van der Waals surface area contributed by atoms with Crippen molar-refractivity contribution < 1.29 is 13.0 Å². The molecule has 2 aromatic rings. The van der Waals surface area contributed by atoms with Gasteiger partial charge in [0.15, 0.2) is 4.21 Å². The highest BCUT2D eigenvalue weighted by atomic mass is 32.3. The minimum atomic E-state index is -4.14. The van der Waals surface area contributed by atoms with Gasteiger partial charge in [-0.15, -0.1) is 11.3 Å². The lowest BCUT2D eigenvalue weighted by Gasteiger charge is -1.99. The molecule has 0 aliphatic heterocycles. The van der Waals surface area contributed by atoms with Crippen molar-refractivity contribution >= 4 is 21.5 Å². The lowest BCUT2D eigenvalue weighted by molar-refractivity contribution is 0.486. The Labute approximate surface area is 91.0 Å². The highest BCUT2D eigenvalue weighted by Gasteiger charge is 2.17.